The van der Waals surface area contributed by atoms with Crippen molar-refractivity contribution < 1.29 is 9.90 Å². The second-order valence-corrected chi connectivity index (χ2v) is 4.63. The molecule has 0 aromatic heterocycles. The summed E-state index contributed by atoms with van der Waals surface area (Å²) < 4.78 is 0. The number of piperidine rings is 1. The van der Waals surface area contributed by atoms with Gasteiger partial charge in [0.15, 0.2) is 0 Å². The van der Waals surface area contributed by atoms with Crippen LogP contribution >= 0.6 is 0 Å². The first-order chi connectivity index (χ1) is 7.15. The molecule has 1 rings (SSSR count). The van der Waals surface area contributed by atoms with Gasteiger partial charge in [-0.1, -0.05) is 26.7 Å². The van der Waals surface area contributed by atoms with Crippen LogP contribution in [-0.4, -0.2) is 35.1 Å². The van der Waals surface area contributed by atoms with Gasteiger partial charge in [0.1, 0.15) is 0 Å². The molecule has 1 aliphatic heterocycles. The average molecular weight is 213 g/mol. The third-order valence-electron chi connectivity index (χ3n) is 3.27. The molecule has 88 valence electrons. The van der Waals surface area contributed by atoms with Crippen molar-refractivity contribution in [3.63, 3.8) is 0 Å². The molecule has 2 atom stereocenters. The van der Waals surface area contributed by atoms with E-state index in [9.17, 15) is 9.90 Å². The molecule has 0 bridgehead atoms. The van der Waals surface area contributed by atoms with Crippen molar-refractivity contribution in [3.05, 3.63) is 0 Å². The van der Waals surface area contributed by atoms with Crippen molar-refractivity contribution >= 4 is 5.91 Å². The molecule has 0 aliphatic carbocycles. The Balaban J connectivity index is 2.28. The van der Waals surface area contributed by atoms with E-state index in [0.717, 1.165) is 32.2 Å². The molecule has 1 N–H and O–H groups in total. The molecule has 0 radical (unpaired) electrons. The van der Waals surface area contributed by atoms with E-state index in [4.69, 9.17) is 0 Å². The fourth-order valence-electron chi connectivity index (χ4n) is 1.96. The van der Waals surface area contributed by atoms with Crippen molar-refractivity contribution in [1.82, 2.24) is 4.90 Å². The number of amides is 1. The molecule has 1 fully saturated rings. The quantitative estimate of drug-likeness (QED) is 0.723. The molecular weight excluding hydrogens is 190 g/mol. The van der Waals surface area contributed by atoms with Gasteiger partial charge in [-0.25, -0.2) is 0 Å². The summed E-state index contributed by atoms with van der Waals surface area (Å²) in [5.74, 6) is 0.555. The fraction of sp³-hybridized carbons (Fsp3) is 0.917. The van der Waals surface area contributed by atoms with Gasteiger partial charge in [0.05, 0.1) is 6.10 Å². The Labute approximate surface area is 92.5 Å². The van der Waals surface area contributed by atoms with Gasteiger partial charge < -0.3 is 10.0 Å². The van der Waals surface area contributed by atoms with Gasteiger partial charge in [-0.3, -0.25) is 4.79 Å². The number of likely N-dealkylation sites (tertiary alicyclic amines) is 1. The lowest BCUT2D eigenvalue weighted by atomic mass is 9.96. The summed E-state index contributed by atoms with van der Waals surface area (Å²) in [6.45, 7) is 5.54. The summed E-state index contributed by atoms with van der Waals surface area (Å²) in [7, 11) is 0. The average Bonchev–Trinajstić information content (AvgIpc) is 2.22. The Kier molecular flexibility index (Phi) is 5.09. The van der Waals surface area contributed by atoms with E-state index >= 15 is 0 Å². The van der Waals surface area contributed by atoms with Crippen molar-refractivity contribution in [2.45, 2.75) is 52.1 Å². The smallest absolute Gasteiger partial charge is 0.222 e. The molecular formula is C12H23NO2. The van der Waals surface area contributed by atoms with Crippen LogP contribution in [0.1, 0.15) is 46.0 Å². The first-order valence-corrected chi connectivity index (χ1v) is 6.11. The zero-order valence-electron chi connectivity index (χ0n) is 9.91. The highest BCUT2D eigenvalue weighted by Gasteiger charge is 2.26. The lowest BCUT2D eigenvalue weighted by Gasteiger charge is -2.34. The lowest BCUT2D eigenvalue weighted by molar-refractivity contribution is -0.135. The van der Waals surface area contributed by atoms with Gasteiger partial charge in [-0.05, 0) is 18.8 Å². The van der Waals surface area contributed by atoms with E-state index in [1.54, 1.807) is 0 Å². The summed E-state index contributed by atoms with van der Waals surface area (Å²) >= 11 is 0. The number of hydrogen-bond donors (Lipinski definition) is 1. The Morgan fingerprint density at radius 2 is 2.20 bits per heavy atom. The van der Waals surface area contributed by atoms with E-state index in [-0.39, 0.29) is 12.0 Å². The predicted octanol–water partition coefficient (Wildman–Crippen LogP) is 1.80. The molecule has 0 saturated carbocycles. The van der Waals surface area contributed by atoms with Gasteiger partial charge in [0.2, 0.25) is 5.91 Å². The van der Waals surface area contributed by atoms with Gasteiger partial charge in [-0.2, -0.15) is 0 Å². The molecule has 15 heavy (non-hydrogen) atoms. The molecule has 0 aromatic carbocycles. The normalized spacial score (nSPS) is 26.7. The maximum atomic E-state index is 11.7. The topological polar surface area (TPSA) is 40.5 Å². The maximum Gasteiger partial charge on any atom is 0.222 e. The SMILES string of the molecule is CCCCCC(=O)N1CCC(C)C(O)C1. The van der Waals surface area contributed by atoms with Crippen LogP contribution in [-0.2, 0) is 4.79 Å². The summed E-state index contributed by atoms with van der Waals surface area (Å²) in [6.07, 6.45) is 4.51. The molecule has 2 unspecified atom stereocenters. The Hall–Kier alpha value is -0.570. The molecule has 0 spiro atoms. The first-order valence-electron chi connectivity index (χ1n) is 6.11. The van der Waals surface area contributed by atoms with Crippen LogP contribution in [0, 0.1) is 5.92 Å². The molecule has 1 amide bonds. The first kappa shape index (κ1) is 12.5. The van der Waals surface area contributed by atoms with E-state index in [0.29, 0.717) is 18.9 Å². The Morgan fingerprint density at radius 1 is 1.47 bits per heavy atom. The molecule has 0 aromatic rings. The van der Waals surface area contributed by atoms with Crippen LogP contribution in [0.5, 0.6) is 0 Å². The van der Waals surface area contributed by atoms with Crippen molar-refractivity contribution in [3.8, 4) is 0 Å². The summed E-state index contributed by atoms with van der Waals surface area (Å²) in [5.41, 5.74) is 0. The van der Waals surface area contributed by atoms with Gasteiger partial charge in [0.25, 0.3) is 0 Å². The van der Waals surface area contributed by atoms with Crippen molar-refractivity contribution in [2.75, 3.05) is 13.1 Å². The highest BCUT2D eigenvalue weighted by molar-refractivity contribution is 5.76. The Bertz CT molecular complexity index is 206. The monoisotopic (exact) mass is 213 g/mol. The molecule has 1 saturated heterocycles. The largest absolute Gasteiger partial charge is 0.391 e. The minimum atomic E-state index is -0.325. The third kappa shape index (κ3) is 3.82. The maximum absolute atomic E-state index is 11.7. The van der Waals surface area contributed by atoms with Crippen LogP contribution < -0.4 is 0 Å². The second-order valence-electron chi connectivity index (χ2n) is 4.63. The number of unbranched alkanes of at least 4 members (excludes halogenated alkanes) is 2. The van der Waals surface area contributed by atoms with Gasteiger partial charge in [0, 0.05) is 19.5 Å². The molecule has 1 heterocycles. The predicted molar refractivity (Wildman–Crippen MR) is 60.5 cm³/mol. The van der Waals surface area contributed by atoms with E-state index < -0.39 is 0 Å². The fourth-order valence-corrected chi connectivity index (χ4v) is 1.96. The minimum Gasteiger partial charge on any atom is -0.391 e. The molecule has 1 aliphatic rings. The lowest BCUT2D eigenvalue weighted by Crippen LogP contribution is -2.45. The van der Waals surface area contributed by atoms with Crippen LogP contribution in [0.3, 0.4) is 0 Å². The number of carbonyl (C=O) groups is 1. The zero-order chi connectivity index (χ0) is 11.3. The van der Waals surface area contributed by atoms with Crippen LogP contribution in [0.15, 0.2) is 0 Å². The molecule has 3 nitrogen and oxygen atoms in total. The number of hydrogen-bond acceptors (Lipinski definition) is 2. The summed E-state index contributed by atoms with van der Waals surface area (Å²) in [6, 6.07) is 0. The highest BCUT2D eigenvalue weighted by Crippen LogP contribution is 2.18. The van der Waals surface area contributed by atoms with E-state index in [1.807, 2.05) is 11.8 Å². The standard InChI is InChI=1S/C12H23NO2/c1-3-4-5-6-12(15)13-8-7-10(2)11(14)9-13/h10-11,14H,3-9H2,1-2H3. The van der Waals surface area contributed by atoms with E-state index in [2.05, 4.69) is 6.92 Å². The number of aliphatic hydroxyl groups is 1. The van der Waals surface area contributed by atoms with E-state index in [1.165, 1.54) is 0 Å². The van der Waals surface area contributed by atoms with Gasteiger partial charge in [-0.15, -0.1) is 0 Å². The number of rotatable bonds is 4. The summed E-state index contributed by atoms with van der Waals surface area (Å²) in [4.78, 5) is 13.6. The van der Waals surface area contributed by atoms with Gasteiger partial charge >= 0.3 is 0 Å². The van der Waals surface area contributed by atoms with Crippen LogP contribution in [0.4, 0.5) is 0 Å². The minimum absolute atomic E-state index is 0.217. The summed E-state index contributed by atoms with van der Waals surface area (Å²) in [5, 5.41) is 9.67. The van der Waals surface area contributed by atoms with Crippen molar-refractivity contribution in [1.29, 1.82) is 0 Å². The number of carbonyl (C=O) groups excluding carboxylic acids is 1. The highest BCUT2D eigenvalue weighted by atomic mass is 16.3. The Morgan fingerprint density at radius 3 is 2.80 bits per heavy atom. The van der Waals surface area contributed by atoms with Crippen molar-refractivity contribution in [2.24, 2.45) is 5.92 Å². The van der Waals surface area contributed by atoms with Crippen LogP contribution in [0.25, 0.3) is 0 Å². The number of β-amino-alcohol motifs (C(OH)–C–C–N with tert-alkyl or cyclic N) is 1. The van der Waals surface area contributed by atoms with Crippen LogP contribution in [0.2, 0.25) is 0 Å². The molecule has 3 heteroatoms. The zero-order valence-corrected chi connectivity index (χ0v) is 9.91. The third-order valence-corrected chi connectivity index (χ3v) is 3.27. The number of aliphatic hydroxyl groups excluding tert-OH is 1. The number of nitrogens with zero attached hydrogens (tertiary/aromatic N) is 1. The second kappa shape index (κ2) is 6.11.